The molecule has 0 fully saturated rings. The van der Waals surface area contributed by atoms with Crippen LogP contribution in [0.3, 0.4) is 0 Å². The van der Waals surface area contributed by atoms with Gasteiger partial charge in [-0.3, -0.25) is 0 Å². The normalized spacial score (nSPS) is 16.5. The molecule has 2 aliphatic rings. The molecule has 40 heavy (non-hydrogen) atoms. The van der Waals surface area contributed by atoms with Gasteiger partial charge in [-0.15, -0.1) is 0 Å². The summed E-state index contributed by atoms with van der Waals surface area (Å²) in [5.74, 6) is 0.594. The maximum Gasteiger partial charge on any atom is 0.0159 e. The SMILES string of the molecule is CC1(C)c2cc(-c3ccc4c(c3)CC(c3ccccc3)C4)ccc2-c2ccc(-c3ccc4ccccc4c3)cc21. The Labute approximate surface area is 237 Å². The minimum absolute atomic E-state index is 0.0529. The fourth-order valence-corrected chi connectivity index (χ4v) is 7.22. The Morgan fingerprint density at radius 3 is 1.75 bits per heavy atom. The highest BCUT2D eigenvalue weighted by Crippen LogP contribution is 2.51. The van der Waals surface area contributed by atoms with E-state index in [0.717, 1.165) is 12.8 Å². The molecule has 0 nitrogen and oxygen atoms in total. The van der Waals surface area contributed by atoms with Gasteiger partial charge in [-0.2, -0.15) is 0 Å². The molecule has 0 radical (unpaired) electrons. The lowest BCUT2D eigenvalue weighted by Crippen LogP contribution is -2.15. The Kier molecular flexibility index (Phi) is 5.16. The smallest absolute Gasteiger partial charge is 0.0159 e. The van der Waals surface area contributed by atoms with Gasteiger partial charge in [0.15, 0.2) is 0 Å². The number of benzene rings is 6. The van der Waals surface area contributed by atoms with E-state index in [4.69, 9.17) is 0 Å². The van der Waals surface area contributed by atoms with Crippen molar-refractivity contribution in [2.45, 2.75) is 38.0 Å². The number of hydrogen-bond acceptors (Lipinski definition) is 0. The zero-order chi connectivity index (χ0) is 26.8. The summed E-state index contributed by atoms with van der Waals surface area (Å²) in [5.41, 5.74) is 15.2. The second-order valence-electron chi connectivity index (χ2n) is 12.2. The summed E-state index contributed by atoms with van der Waals surface area (Å²) >= 11 is 0. The fraction of sp³-hybridized carbons (Fsp3) is 0.150. The van der Waals surface area contributed by atoms with E-state index in [1.54, 1.807) is 0 Å². The summed E-state index contributed by atoms with van der Waals surface area (Å²) in [6, 6.07) is 47.8. The quantitative estimate of drug-likeness (QED) is 0.221. The van der Waals surface area contributed by atoms with Crippen LogP contribution in [0.1, 0.15) is 47.6 Å². The van der Waals surface area contributed by atoms with Gasteiger partial charge in [0, 0.05) is 5.41 Å². The number of hydrogen-bond donors (Lipinski definition) is 0. The van der Waals surface area contributed by atoms with Crippen LogP contribution < -0.4 is 0 Å². The lowest BCUT2D eigenvalue weighted by atomic mass is 9.80. The molecule has 2 aliphatic carbocycles. The first-order chi connectivity index (χ1) is 19.5. The van der Waals surface area contributed by atoms with Crippen LogP contribution in [0.2, 0.25) is 0 Å². The molecule has 192 valence electrons. The molecule has 0 aliphatic heterocycles. The summed E-state index contributed by atoms with van der Waals surface area (Å²) in [5, 5.41) is 2.58. The van der Waals surface area contributed by atoms with Crippen LogP contribution in [0.25, 0.3) is 44.2 Å². The van der Waals surface area contributed by atoms with Crippen LogP contribution in [0, 0.1) is 0 Å². The zero-order valence-electron chi connectivity index (χ0n) is 23.1. The summed E-state index contributed by atoms with van der Waals surface area (Å²) < 4.78 is 0. The van der Waals surface area contributed by atoms with E-state index in [-0.39, 0.29) is 5.41 Å². The summed E-state index contributed by atoms with van der Waals surface area (Å²) in [6.45, 7) is 4.78. The third-order valence-corrected chi connectivity index (χ3v) is 9.50. The van der Waals surface area contributed by atoms with Crippen molar-refractivity contribution in [3.05, 3.63) is 155 Å². The molecule has 0 aromatic heterocycles. The first kappa shape index (κ1) is 23.5. The molecule has 0 saturated carbocycles. The summed E-state index contributed by atoms with van der Waals surface area (Å²) in [6.07, 6.45) is 2.28. The van der Waals surface area contributed by atoms with Crippen molar-refractivity contribution < 1.29 is 0 Å². The van der Waals surface area contributed by atoms with E-state index in [1.165, 1.54) is 72.0 Å². The fourth-order valence-electron chi connectivity index (χ4n) is 7.22. The van der Waals surface area contributed by atoms with Crippen LogP contribution in [0.5, 0.6) is 0 Å². The van der Waals surface area contributed by atoms with Gasteiger partial charge >= 0.3 is 0 Å². The minimum Gasteiger partial charge on any atom is -0.0622 e. The molecule has 0 N–H and O–H groups in total. The van der Waals surface area contributed by atoms with Crippen molar-refractivity contribution in [3.63, 3.8) is 0 Å². The molecular formula is C40H32. The van der Waals surface area contributed by atoms with Crippen LogP contribution >= 0.6 is 0 Å². The standard InChI is InChI=1S/C40H32/c1-40(2)38-24-32(29-13-12-27-10-6-7-11-28(27)20-29)16-18-36(38)37-19-17-33(25-39(37)40)30-14-15-31-22-34(23-35(31)21-30)26-8-4-3-5-9-26/h3-21,24-25,34H,22-23H2,1-2H3. The van der Waals surface area contributed by atoms with Gasteiger partial charge in [0.05, 0.1) is 0 Å². The first-order valence-corrected chi connectivity index (χ1v) is 14.5. The number of rotatable bonds is 3. The Morgan fingerprint density at radius 1 is 0.475 bits per heavy atom. The highest BCUT2D eigenvalue weighted by atomic mass is 14.4. The molecule has 8 rings (SSSR count). The van der Waals surface area contributed by atoms with Crippen LogP contribution in [-0.4, -0.2) is 0 Å². The monoisotopic (exact) mass is 512 g/mol. The van der Waals surface area contributed by atoms with Crippen molar-refractivity contribution in [2.24, 2.45) is 0 Å². The van der Waals surface area contributed by atoms with Crippen molar-refractivity contribution in [1.29, 1.82) is 0 Å². The molecule has 0 amide bonds. The molecule has 1 atom stereocenters. The van der Waals surface area contributed by atoms with Gasteiger partial charge in [0.1, 0.15) is 0 Å². The van der Waals surface area contributed by atoms with Gasteiger partial charge in [0.2, 0.25) is 0 Å². The maximum atomic E-state index is 2.45. The highest BCUT2D eigenvalue weighted by molar-refractivity contribution is 5.89. The lowest BCUT2D eigenvalue weighted by Gasteiger charge is -2.23. The molecular weight excluding hydrogens is 480 g/mol. The van der Waals surface area contributed by atoms with Crippen LogP contribution in [0.4, 0.5) is 0 Å². The third-order valence-electron chi connectivity index (χ3n) is 9.50. The Hall–Kier alpha value is -4.42. The molecule has 6 aromatic rings. The topological polar surface area (TPSA) is 0 Å². The second kappa shape index (κ2) is 8.80. The summed E-state index contributed by atoms with van der Waals surface area (Å²) in [7, 11) is 0. The molecule has 6 aromatic carbocycles. The molecule has 0 heterocycles. The Bertz CT molecular complexity index is 1920. The summed E-state index contributed by atoms with van der Waals surface area (Å²) in [4.78, 5) is 0. The molecule has 0 spiro atoms. The largest absolute Gasteiger partial charge is 0.0622 e. The second-order valence-corrected chi connectivity index (χ2v) is 12.2. The molecule has 0 heteroatoms. The van der Waals surface area contributed by atoms with Crippen molar-refractivity contribution in [3.8, 4) is 33.4 Å². The third kappa shape index (κ3) is 3.67. The lowest BCUT2D eigenvalue weighted by molar-refractivity contribution is 0.661. The van der Waals surface area contributed by atoms with Crippen LogP contribution in [-0.2, 0) is 18.3 Å². The Balaban J connectivity index is 1.13. The van der Waals surface area contributed by atoms with E-state index in [2.05, 4.69) is 141 Å². The maximum absolute atomic E-state index is 2.45. The van der Waals surface area contributed by atoms with E-state index in [1.807, 2.05) is 0 Å². The molecule has 0 saturated heterocycles. The average molecular weight is 513 g/mol. The van der Waals surface area contributed by atoms with Crippen LogP contribution in [0.15, 0.2) is 127 Å². The molecule has 0 bridgehead atoms. The average Bonchev–Trinajstić information content (AvgIpc) is 3.53. The minimum atomic E-state index is -0.0529. The van der Waals surface area contributed by atoms with Crippen molar-refractivity contribution in [1.82, 2.24) is 0 Å². The predicted molar refractivity (Wildman–Crippen MR) is 169 cm³/mol. The Morgan fingerprint density at radius 2 is 1.02 bits per heavy atom. The van der Waals surface area contributed by atoms with E-state index in [9.17, 15) is 0 Å². The molecule has 1 unspecified atom stereocenters. The van der Waals surface area contributed by atoms with E-state index in [0.29, 0.717) is 5.92 Å². The van der Waals surface area contributed by atoms with Gasteiger partial charge in [-0.1, -0.05) is 123 Å². The first-order valence-electron chi connectivity index (χ1n) is 14.5. The van der Waals surface area contributed by atoms with Gasteiger partial charge in [-0.25, -0.2) is 0 Å². The van der Waals surface area contributed by atoms with Gasteiger partial charge in [0.25, 0.3) is 0 Å². The van der Waals surface area contributed by atoms with Crippen molar-refractivity contribution in [2.75, 3.05) is 0 Å². The number of fused-ring (bicyclic) bond motifs is 5. The zero-order valence-corrected chi connectivity index (χ0v) is 23.1. The van der Waals surface area contributed by atoms with Gasteiger partial charge < -0.3 is 0 Å². The highest BCUT2D eigenvalue weighted by Gasteiger charge is 2.36. The predicted octanol–water partition coefficient (Wildman–Crippen LogP) is 10.4. The van der Waals surface area contributed by atoms with Gasteiger partial charge in [-0.05, 0) is 109 Å². The van der Waals surface area contributed by atoms with Crippen molar-refractivity contribution >= 4 is 10.8 Å². The van der Waals surface area contributed by atoms with E-state index >= 15 is 0 Å². The van der Waals surface area contributed by atoms with E-state index < -0.39 is 0 Å².